The first kappa shape index (κ1) is 40.8. The van der Waals surface area contributed by atoms with Crippen molar-refractivity contribution in [3.63, 3.8) is 0 Å². The van der Waals surface area contributed by atoms with E-state index < -0.39 is 45.5 Å². The van der Waals surface area contributed by atoms with E-state index in [2.05, 4.69) is 10.3 Å². The Morgan fingerprint density at radius 1 is 0.946 bits per heavy atom. The number of nitrogens with one attached hydrogen (secondary N) is 1. The number of nitrogens with two attached hydrogens (primary N) is 1. The van der Waals surface area contributed by atoms with Gasteiger partial charge >= 0.3 is 5.97 Å². The quantitative estimate of drug-likeness (QED) is 0.0999. The number of esters is 1. The van der Waals surface area contributed by atoms with Crippen LogP contribution in [0.2, 0.25) is 0 Å². The molecule has 0 unspecified atom stereocenters. The Morgan fingerprint density at radius 2 is 1.64 bits per heavy atom. The van der Waals surface area contributed by atoms with Crippen molar-refractivity contribution in [2.75, 3.05) is 12.4 Å². The predicted molar refractivity (Wildman–Crippen MR) is 208 cm³/mol. The number of aryl methyl sites for hydroxylation is 1. The molecule has 0 aliphatic rings. The number of anilines is 1. The van der Waals surface area contributed by atoms with Crippen molar-refractivity contribution in [3.05, 3.63) is 136 Å². The summed E-state index contributed by atoms with van der Waals surface area (Å²) < 4.78 is 64.2. The van der Waals surface area contributed by atoms with E-state index in [1.54, 1.807) is 98.6 Å². The number of pyridine rings is 1. The van der Waals surface area contributed by atoms with Crippen molar-refractivity contribution < 1.29 is 41.2 Å². The van der Waals surface area contributed by atoms with Gasteiger partial charge in [0.2, 0.25) is 0 Å². The summed E-state index contributed by atoms with van der Waals surface area (Å²) in [6.45, 7) is 6.70. The number of methoxy groups -OCH3 is 1. The molecule has 6 aromatic rings. The normalized spacial score (nSPS) is 12.2. The lowest BCUT2D eigenvalue weighted by Crippen LogP contribution is -2.34. The highest BCUT2D eigenvalue weighted by Crippen LogP contribution is 2.33. The van der Waals surface area contributed by atoms with Gasteiger partial charge in [-0.05, 0) is 82.3 Å². The molecule has 2 aromatic heterocycles. The number of aromatic nitrogens is 3. The number of amides is 1. The molecule has 0 saturated heterocycles. The van der Waals surface area contributed by atoms with Gasteiger partial charge in [-0.2, -0.15) is 8.42 Å². The molecule has 0 aliphatic carbocycles. The summed E-state index contributed by atoms with van der Waals surface area (Å²) in [5.74, 6) is -1.11. The molecule has 16 heteroatoms. The van der Waals surface area contributed by atoms with Gasteiger partial charge in [-0.25, -0.2) is 9.07 Å². The van der Waals surface area contributed by atoms with Gasteiger partial charge in [0.05, 0.1) is 35.4 Å². The summed E-state index contributed by atoms with van der Waals surface area (Å²) in [5, 5.41) is 3.28. The number of halogens is 1. The van der Waals surface area contributed by atoms with Crippen molar-refractivity contribution in [1.29, 1.82) is 0 Å². The molecule has 0 spiro atoms. The second-order valence-corrected chi connectivity index (χ2v) is 14.1. The Bertz CT molecular complexity index is 2540. The van der Waals surface area contributed by atoms with Crippen molar-refractivity contribution in [2.24, 2.45) is 5.73 Å². The number of carbonyl (C=O) groups excluding carboxylic acids is 2. The third-order valence-corrected chi connectivity index (χ3v) is 9.25. The Balaban J connectivity index is 0.000000470. The molecular formula is C40H40FN5O9S. The summed E-state index contributed by atoms with van der Waals surface area (Å²) >= 11 is 0. The van der Waals surface area contributed by atoms with Crippen LogP contribution in [-0.2, 0) is 26.2 Å². The summed E-state index contributed by atoms with van der Waals surface area (Å²) in [6, 6.07) is 24.8. The van der Waals surface area contributed by atoms with Crippen LogP contribution in [0.1, 0.15) is 35.5 Å². The van der Waals surface area contributed by atoms with Gasteiger partial charge in [0.1, 0.15) is 29.2 Å². The van der Waals surface area contributed by atoms with E-state index in [1.807, 2.05) is 6.92 Å². The lowest BCUT2D eigenvalue weighted by Gasteiger charge is -2.19. The summed E-state index contributed by atoms with van der Waals surface area (Å²) in [6.07, 6.45) is 0.880. The first-order chi connectivity index (χ1) is 26.6. The predicted octanol–water partition coefficient (Wildman–Crippen LogP) is 6.21. The molecule has 6 rings (SSSR count). The van der Waals surface area contributed by atoms with Gasteiger partial charge in [0.25, 0.3) is 21.6 Å². The van der Waals surface area contributed by atoms with E-state index in [1.165, 1.54) is 35.9 Å². The van der Waals surface area contributed by atoms with Crippen molar-refractivity contribution in [3.8, 4) is 22.9 Å². The van der Waals surface area contributed by atoms with Crippen LogP contribution in [0.4, 0.5) is 10.1 Å². The van der Waals surface area contributed by atoms with Crippen LogP contribution < -0.4 is 26.1 Å². The Hall–Kier alpha value is -6.36. The Labute approximate surface area is 322 Å². The molecule has 0 aliphatic heterocycles. The molecule has 2 atom stereocenters. The molecule has 0 bridgehead atoms. The smallest absolute Gasteiger partial charge is 0.322 e. The second kappa shape index (κ2) is 17.4. The fraction of sp³-hybridized carbons (Fsp3) is 0.200. The maximum atomic E-state index is 15.2. The zero-order chi connectivity index (χ0) is 40.7. The fourth-order valence-corrected chi connectivity index (χ4v) is 6.02. The van der Waals surface area contributed by atoms with Gasteiger partial charge in [0.15, 0.2) is 11.6 Å². The standard InChI is InChI=1S/C33H32FN5O6.C7H8O3S/c1-19(44-33(42)20(2)35)18-38-21(3)30(32(41)39(38)23-8-6-5-7-9-23)31(40)37-22-10-13-29(26(34)16-22)45-28-14-15-36-27-17-24(43-4)11-12-25(27)28;1-6-2-4-7(5-3-6)11(8,9)10/h5-17,19-20H,18,35H2,1-4H3,(H,37,40);2-5H,1H3,(H,8,9,10)/t19-,20-;/m0./s1. The largest absolute Gasteiger partial charge is 0.497 e. The van der Waals surface area contributed by atoms with Crippen molar-refractivity contribution >= 4 is 38.6 Å². The van der Waals surface area contributed by atoms with Crippen LogP contribution in [-0.4, -0.2) is 58.5 Å². The lowest BCUT2D eigenvalue weighted by molar-refractivity contribution is -0.150. The van der Waals surface area contributed by atoms with E-state index in [9.17, 15) is 22.8 Å². The average molecular weight is 786 g/mol. The highest BCUT2D eigenvalue weighted by atomic mass is 32.2. The minimum absolute atomic E-state index is 0.0666. The number of nitrogens with zero attached hydrogens (tertiary/aromatic N) is 3. The zero-order valence-corrected chi connectivity index (χ0v) is 31.9. The maximum Gasteiger partial charge on any atom is 0.322 e. The van der Waals surface area contributed by atoms with Gasteiger partial charge in [-0.3, -0.25) is 28.6 Å². The molecule has 0 radical (unpaired) electrons. The number of hydrogen-bond acceptors (Lipinski definition) is 10. The Morgan fingerprint density at radius 3 is 2.27 bits per heavy atom. The highest BCUT2D eigenvalue weighted by Gasteiger charge is 2.26. The SMILES string of the molecule is COc1ccc2c(Oc3ccc(NC(=O)c4c(C)n(C[C@H](C)OC(=O)[C@H](C)N)n(-c5ccccc5)c4=O)cc3F)ccnc2c1.Cc1ccc(S(=O)(=O)O)cc1. The monoisotopic (exact) mass is 785 g/mol. The molecule has 4 N–H and O–H groups in total. The van der Waals surface area contributed by atoms with Crippen LogP contribution in [0.3, 0.4) is 0 Å². The molecule has 56 heavy (non-hydrogen) atoms. The summed E-state index contributed by atoms with van der Waals surface area (Å²) in [4.78, 5) is 43.5. The molecule has 4 aromatic carbocycles. The number of hydrogen-bond donors (Lipinski definition) is 3. The lowest BCUT2D eigenvalue weighted by atomic mass is 10.2. The second-order valence-electron chi connectivity index (χ2n) is 12.7. The molecule has 292 valence electrons. The fourth-order valence-electron chi connectivity index (χ4n) is 5.54. The highest BCUT2D eigenvalue weighted by molar-refractivity contribution is 7.85. The molecule has 0 saturated carbocycles. The first-order valence-electron chi connectivity index (χ1n) is 17.2. The molecular weight excluding hydrogens is 746 g/mol. The van der Waals surface area contributed by atoms with Crippen LogP contribution >= 0.6 is 0 Å². The van der Waals surface area contributed by atoms with E-state index in [-0.39, 0.29) is 28.4 Å². The maximum absolute atomic E-state index is 15.2. The number of benzene rings is 4. The van der Waals surface area contributed by atoms with Crippen LogP contribution in [0.25, 0.3) is 16.6 Å². The van der Waals surface area contributed by atoms with E-state index >= 15 is 4.39 Å². The van der Waals surface area contributed by atoms with Crippen LogP contribution in [0, 0.1) is 19.7 Å². The summed E-state index contributed by atoms with van der Waals surface area (Å²) in [7, 11) is -2.47. The molecule has 1 amide bonds. The zero-order valence-electron chi connectivity index (χ0n) is 31.1. The van der Waals surface area contributed by atoms with Crippen molar-refractivity contribution in [1.82, 2.24) is 14.3 Å². The van der Waals surface area contributed by atoms with E-state index in [0.717, 1.165) is 11.6 Å². The minimum Gasteiger partial charge on any atom is -0.497 e. The van der Waals surface area contributed by atoms with E-state index in [0.29, 0.717) is 33.8 Å². The number of para-hydroxylation sites is 1. The van der Waals surface area contributed by atoms with Gasteiger partial charge in [-0.15, -0.1) is 0 Å². The third kappa shape index (κ3) is 9.65. The minimum atomic E-state index is -4.02. The van der Waals surface area contributed by atoms with Crippen LogP contribution in [0.15, 0.2) is 113 Å². The number of carbonyl (C=O) groups is 2. The van der Waals surface area contributed by atoms with Gasteiger partial charge in [-0.1, -0.05) is 35.9 Å². The molecule has 2 heterocycles. The number of rotatable bonds is 11. The van der Waals surface area contributed by atoms with Gasteiger partial charge in [0, 0.05) is 29.4 Å². The van der Waals surface area contributed by atoms with Gasteiger partial charge < -0.3 is 25.3 Å². The topological polar surface area (TPSA) is 194 Å². The molecule has 14 nitrogen and oxygen atoms in total. The molecule has 0 fully saturated rings. The number of ether oxygens (including phenoxy) is 3. The summed E-state index contributed by atoms with van der Waals surface area (Å²) in [5.41, 5.74) is 7.40. The van der Waals surface area contributed by atoms with E-state index in [4.69, 9.17) is 24.5 Å². The average Bonchev–Trinajstić information content (AvgIpc) is 3.40. The Kier molecular flexibility index (Phi) is 12.7. The first-order valence-corrected chi connectivity index (χ1v) is 18.6. The third-order valence-electron chi connectivity index (χ3n) is 8.38. The number of fused-ring (bicyclic) bond motifs is 1. The van der Waals surface area contributed by atoms with Crippen LogP contribution in [0.5, 0.6) is 17.2 Å². The van der Waals surface area contributed by atoms with Crippen molar-refractivity contribution in [2.45, 2.75) is 51.3 Å².